The molecule has 14 heavy (non-hydrogen) atoms. The molecule has 0 aliphatic rings. The highest BCUT2D eigenvalue weighted by molar-refractivity contribution is 6.58. The Hall–Kier alpha value is -0.523. The molecule has 0 saturated carbocycles. The van der Waals surface area contributed by atoms with E-state index in [0.717, 1.165) is 6.42 Å². The summed E-state index contributed by atoms with van der Waals surface area (Å²) in [5.74, 6) is -1.78. The van der Waals surface area contributed by atoms with E-state index in [0.29, 0.717) is 6.42 Å². The van der Waals surface area contributed by atoms with Gasteiger partial charge in [-0.3, -0.25) is 4.79 Å². The molecule has 0 aromatic rings. The number of hydrogen-bond donors (Lipinski definition) is 0. The molecular formula is C8H15F3O2Si. The number of esters is 1. The van der Waals surface area contributed by atoms with Crippen LogP contribution in [0.5, 0.6) is 0 Å². The molecule has 0 fully saturated rings. The Bertz CT molecular complexity index is 182. The van der Waals surface area contributed by atoms with E-state index in [-0.39, 0.29) is 6.61 Å². The summed E-state index contributed by atoms with van der Waals surface area (Å²) >= 11 is 0. The van der Waals surface area contributed by atoms with Crippen LogP contribution in [0.15, 0.2) is 0 Å². The first-order valence-electron chi connectivity index (χ1n) is 4.60. The first kappa shape index (κ1) is 13.5. The number of halogens is 3. The standard InChI is InChI=1S/C8H15F3O2Si/c1-3-4-5-13-8(12)7(2)6-14(9,10)11/h7H,3-6H2,1-2H3. The van der Waals surface area contributed by atoms with E-state index >= 15 is 0 Å². The monoisotopic (exact) mass is 228 g/mol. The summed E-state index contributed by atoms with van der Waals surface area (Å²) in [6.45, 7) is 3.40. The minimum Gasteiger partial charge on any atom is -0.465 e. The van der Waals surface area contributed by atoms with Crippen molar-refractivity contribution in [1.29, 1.82) is 0 Å². The summed E-state index contributed by atoms with van der Waals surface area (Å²) in [5.41, 5.74) is 0. The molecule has 0 radical (unpaired) electrons. The molecule has 84 valence electrons. The number of carbonyl (C=O) groups is 1. The summed E-state index contributed by atoms with van der Waals surface area (Å²) in [5, 5.41) is 0. The third kappa shape index (κ3) is 6.94. The van der Waals surface area contributed by atoms with Crippen molar-refractivity contribution < 1.29 is 21.9 Å². The van der Waals surface area contributed by atoms with Gasteiger partial charge in [0.25, 0.3) is 0 Å². The highest BCUT2D eigenvalue weighted by Gasteiger charge is 2.40. The number of unbranched alkanes of at least 4 members (excludes halogenated alkanes) is 1. The van der Waals surface area contributed by atoms with Crippen LogP contribution in [0.3, 0.4) is 0 Å². The van der Waals surface area contributed by atoms with Gasteiger partial charge >= 0.3 is 15.0 Å². The lowest BCUT2D eigenvalue weighted by atomic mass is 10.2. The lowest BCUT2D eigenvalue weighted by Crippen LogP contribution is -2.25. The van der Waals surface area contributed by atoms with E-state index < -0.39 is 27.0 Å². The summed E-state index contributed by atoms with van der Waals surface area (Å²) in [4.78, 5) is 11.0. The van der Waals surface area contributed by atoms with Crippen molar-refractivity contribution in [3.63, 3.8) is 0 Å². The van der Waals surface area contributed by atoms with Crippen molar-refractivity contribution in [2.75, 3.05) is 6.61 Å². The number of ether oxygens (including phenoxy) is 1. The lowest BCUT2D eigenvalue weighted by molar-refractivity contribution is -0.147. The van der Waals surface area contributed by atoms with Gasteiger partial charge in [0.2, 0.25) is 0 Å². The summed E-state index contributed by atoms with van der Waals surface area (Å²) in [6, 6.07) is -0.974. The van der Waals surface area contributed by atoms with Gasteiger partial charge in [0.1, 0.15) is 0 Å². The molecule has 0 rings (SSSR count). The summed E-state index contributed by atoms with van der Waals surface area (Å²) in [6.07, 6.45) is 1.55. The second kappa shape index (κ2) is 6.05. The fourth-order valence-corrected chi connectivity index (χ4v) is 1.75. The largest absolute Gasteiger partial charge is 0.616 e. The normalized spacial score (nSPS) is 13.8. The van der Waals surface area contributed by atoms with E-state index in [2.05, 4.69) is 4.74 Å². The molecule has 0 aromatic carbocycles. The van der Waals surface area contributed by atoms with Crippen LogP contribution >= 0.6 is 0 Å². The molecule has 0 bridgehead atoms. The number of hydrogen-bond acceptors (Lipinski definition) is 2. The van der Waals surface area contributed by atoms with Gasteiger partial charge in [-0.2, -0.15) is 0 Å². The number of carbonyl (C=O) groups excluding carboxylic acids is 1. The molecule has 0 aromatic heterocycles. The van der Waals surface area contributed by atoms with Gasteiger partial charge in [-0.1, -0.05) is 20.3 Å². The van der Waals surface area contributed by atoms with E-state index in [9.17, 15) is 17.1 Å². The van der Waals surface area contributed by atoms with Crippen LogP contribution in [0.2, 0.25) is 6.04 Å². The quantitative estimate of drug-likeness (QED) is 0.302. The van der Waals surface area contributed by atoms with Gasteiger partial charge in [0.05, 0.1) is 12.5 Å². The van der Waals surface area contributed by atoms with E-state index in [4.69, 9.17) is 0 Å². The van der Waals surface area contributed by atoms with Gasteiger partial charge in [-0.05, 0) is 6.42 Å². The van der Waals surface area contributed by atoms with Crippen LogP contribution in [-0.2, 0) is 9.53 Å². The first-order valence-corrected chi connectivity index (χ1v) is 6.44. The van der Waals surface area contributed by atoms with Crippen molar-refractivity contribution in [3.05, 3.63) is 0 Å². The van der Waals surface area contributed by atoms with Crippen LogP contribution < -0.4 is 0 Å². The Morgan fingerprint density at radius 1 is 1.43 bits per heavy atom. The van der Waals surface area contributed by atoms with Gasteiger partial charge < -0.3 is 4.74 Å². The highest BCUT2D eigenvalue weighted by Crippen LogP contribution is 2.21. The highest BCUT2D eigenvalue weighted by atomic mass is 28.5. The molecule has 0 heterocycles. The van der Waals surface area contributed by atoms with Crippen LogP contribution in [0, 0.1) is 5.92 Å². The Balaban J connectivity index is 3.77. The smallest absolute Gasteiger partial charge is 0.465 e. The van der Waals surface area contributed by atoms with Crippen molar-refractivity contribution in [1.82, 2.24) is 0 Å². The maximum atomic E-state index is 12.0. The molecule has 2 nitrogen and oxygen atoms in total. The average molecular weight is 228 g/mol. The van der Waals surface area contributed by atoms with Crippen LogP contribution in [0.1, 0.15) is 26.7 Å². The van der Waals surface area contributed by atoms with E-state index in [1.807, 2.05) is 6.92 Å². The van der Waals surface area contributed by atoms with Crippen LogP contribution in [0.4, 0.5) is 12.3 Å². The second-order valence-corrected chi connectivity index (χ2v) is 4.88. The third-order valence-corrected chi connectivity index (χ3v) is 2.76. The molecule has 0 aliphatic heterocycles. The van der Waals surface area contributed by atoms with Crippen LogP contribution in [-0.4, -0.2) is 21.7 Å². The minimum absolute atomic E-state index is 0.221. The van der Waals surface area contributed by atoms with Crippen molar-refractivity contribution in [2.24, 2.45) is 5.92 Å². The second-order valence-electron chi connectivity index (χ2n) is 3.24. The van der Waals surface area contributed by atoms with E-state index in [1.165, 1.54) is 6.92 Å². The Labute approximate surface area is 83.0 Å². The molecule has 0 saturated heterocycles. The predicted octanol–water partition coefficient (Wildman–Crippen LogP) is 2.81. The fourth-order valence-electron chi connectivity index (χ4n) is 0.890. The Morgan fingerprint density at radius 2 is 2.00 bits per heavy atom. The molecule has 0 N–H and O–H groups in total. The van der Waals surface area contributed by atoms with Crippen LogP contribution in [0.25, 0.3) is 0 Å². The predicted molar refractivity (Wildman–Crippen MR) is 48.9 cm³/mol. The average Bonchev–Trinajstić information content (AvgIpc) is 2.01. The van der Waals surface area contributed by atoms with Crippen molar-refractivity contribution in [3.8, 4) is 0 Å². The fraction of sp³-hybridized carbons (Fsp3) is 0.875. The molecule has 0 amide bonds. The van der Waals surface area contributed by atoms with E-state index in [1.54, 1.807) is 0 Å². The Kier molecular flexibility index (Phi) is 5.83. The zero-order valence-electron chi connectivity index (χ0n) is 8.36. The maximum absolute atomic E-state index is 12.0. The maximum Gasteiger partial charge on any atom is 0.616 e. The first-order chi connectivity index (χ1) is 6.37. The van der Waals surface area contributed by atoms with Gasteiger partial charge in [0, 0.05) is 6.04 Å². The number of rotatable bonds is 6. The third-order valence-electron chi connectivity index (χ3n) is 1.68. The zero-order valence-corrected chi connectivity index (χ0v) is 9.36. The van der Waals surface area contributed by atoms with Gasteiger partial charge in [-0.15, -0.1) is 0 Å². The lowest BCUT2D eigenvalue weighted by Gasteiger charge is -2.11. The minimum atomic E-state index is -5.63. The molecule has 6 heteroatoms. The van der Waals surface area contributed by atoms with Gasteiger partial charge in [0.15, 0.2) is 0 Å². The van der Waals surface area contributed by atoms with Crippen molar-refractivity contribution >= 4 is 15.0 Å². The zero-order chi connectivity index (χ0) is 11.2. The summed E-state index contributed by atoms with van der Waals surface area (Å²) < 4.78 is 40.6. The molecule has 0 spiro atoms. The Morgan fingerprint density at radius 3 is 2.43 bits per heavy atom. The van der Waals surface area contributed by atoms with Crippen molar-refractivity contribution in [2.45, 2.75) is 32.7 Å². The molecule has 0 aliphatic carbocycles. The van der Waals surface area contributed by atoms with Gasteiger partial charge in [-0.25, -0.2) is 12.3 Å². The summed E-state index contributed by atoms with van der Waals surface area (Å²) in [7, 11) is -5.63. The molecule has 1 atom stereocenters. The molecule has 1 unspecified atom stereocenters. The topological polar surface area (TPSA) is 26.3 Å². The SMILES string of the molecule is CCCCOC(=O)C(C)C[Si](F)(F)F. The molecular weight excluding hydrogens is 213 g/mol.